The summed E-state index contributed by atoms with van der Waals surface area (Å²) < 4.78 is 54.7. The molecular formula is C41H54N2O8SSi2. The van der Waals surface area contributed by atoms with Crippen LogP contribution in [0.15, 0.2) is 106 Å². The van der Waals surface area contributed by atoms with Gasteiger partial charge < -0.3 is 13.9 Å². The number of aryl methyl sites for hydroxylation is 2. The number of nitrogens with zero attached hydrogens (tertiary/aromatic N) is 1. The van der Waals surface area contributed by atoms with Crippen LogP contribution in [-0.4, -0.2) is 65.4 Å². The lowest BCUT2D eigenvalue weighted by Crippen LogP contribution is -2.68. The second-order valence-electron chi connectivity index (χ2n) is 16.9. The van der Waals surface area contributed by atoms with Gasteiger partial charge in [0.25, 0.3) is 24.0 Å². The first-order chi connectivity index (χ1) is 25.4. The number of rotatable bonds is 12. The van der Waals surface area contributed by atoms with Crippen LogP contribution in [0.3, 0.4) is 0 Å². The largest absolute Gasteiger partial charge is 0.402 e. The van der Waals surface area contributed by atoms with Gasteiger partial charge >= 0.3 is 5.69 Å². The molecule has 2 aliphatic rings. The molecule has 3 aromatic carbocycles. The number of aromatic amines is 1. The minimum atomic E-state index is -3.94. The molecule has 1 N–H and O–H groups in total. The number of hydrogen-bond donors (Lipinski definition) is 1. The summed E-state index contributed by atoms with van der Waals surface area (Å²) in [6.07, 6.45) is 0.605. The van der Waals surface area contributed by atoms with Crippen LogP contribution < -0.4 is 21.6 Å². The van der Waals surface area contributed by atoms with Crippen molar-refractivity contribution in [1.29, 1.82) is 0 Å². The normalized spacial score (nSPS) is 23.9. The SMILES string of the molecule is Cc1ccc(S(=O)(=O)OCCC2OC([C@H]3O[C@@H](n4cc(C)c(=O)[nH]c4=O)C[C@@H]3O[Si](c3ccccc3)(c3ccccc3)C(C)(C)C)CC2[Si](C)(C)C)cc1. The molecule has 0 aliphatic carbocycles. The molecular weight excluding hydrogens is 737 g/mol. The topological polar surface area (TPSA) is 126 Å². The molecule has 3 unspecified atom stereocenters. The smallest absolute Gasteiger partial charge is 0.330 e. The summed E-state index contributed by atoms with van der Waals surface area (Å²) in [6, 6.07) is 27.5. The summed E-state index contributed by atoms with van der Waals surface area (Å²) in [4.78, 5) is 28.2. The second kappa shape index (κ2) is 15.6. The van der Waals surface area contributed by atoms with Gasteiger partial charge in [-0.2, -0.15) is 8.42 Å². The zero-order valence-electron chi connectivity index (χ0n) is 32.6. The fraction of sp³-hybridized carbons (Fsp3) is 0.463. The standard InChI is InChI=1S/C41H54N2O8SSi2/c1-28-19-21-30(22-20-28)52(46,47)48-24-23-33-36(53(6,7)8)25-34(49-33)38-35(26-37(50-38)43-27-29(2)39(44)42-40(43)45)51-54(41(3,4)5,31-15-11-9-12-16-31)32-17-13-10-14-18-32/h9-22,27,33-38H,23-26H2,1-8H3,(H,42,44,45)/t33?,34?,35-,36?,37+,38+/m0/s1. The third-order valence-electron chi connectivity index (χ3n) is 11.0. The van der Waals surface area contributed by atoms with Crippen LogP contribution in [0.5, 0.6) is 0 Å². The molecule has 0 saturated carbocycles. The molecule has 0 bridgehead atoms. The molecule has 54 heavy (non-hydrogen) atoms. The van der Waals surface area contributed by atoms with Crippen LogP contribution in [0.4, 0.5) is 0 Å². The van der Waals surface area contributed by atoms with Gasteiger partial charge in [0, 0.05) is 18.2 Å². The van der Waals surface area contributed by atoms with Crippen LogP contribution in [-0.2, 0) is 28.2 Å². The van der Waals surface area contributed by atoms with E-state index in [9.17, 15) is 18.0 Å². The minimum Gasteiger partial charge on any atom is -0.402 e. The lowest BCUT2D eigenvalue weighted by molar-refractivity contribution is -0.103. The minimum absolute atomic E-state index is 0.0171. The predicted octanol–water partition coefficient (Wildman–Crippen LogP) is 6.05. The first kappa shape index (κ1) is 40.2. The van der Waals surface area contributed by atoms with Gasteiger partial charge in [-0.15, -0.1) is 0 Å². The van der Waals surface area contributed by atoms with E-state index in [-0.39, 0.29) is 28.2 Å². The van der Waals surface area contributed by atoms with Crippen molar-refractivity contribution in [2.75, 3.05) is 6.61 Å². The Bertz CT molecular complexity index is 2090. The highest BCUT2D eigenvalue weighted by molar-refractivity contribution is 7.86. The molecule has 13 heteroatoms. The average molecular weight is 791 g/mol. The molecule has 3 heterocycles. The Morgan fingerprint density at radius 1 is 0.852 bits per heavy atom. The fourth-order valence-corrected chi connectivity index (χ4v) is 16.1. The van der Waals surface area contributed by atoms with Crippen LogP contribution in [0.2, 0.25) is 30.2 Å². The van der Waals surface area contributed by atoms with Crippen molar-refractivity contribution in [3.63, 3.8) is 0 Å². The van der Waals surface area contributed by atoms with Gasteiger partial charge in [0.05, 0.1) is 37.9 Å². The second-order valence-corrected chi connectivity index (χ2v) is 28.2. The van der Waals surface area contributed by atoms with Gasteiger partial charge in [0.1, 0.15) is 12.3 Å². The third kappa shape index (κ3) is 8.23. The van der Waals surface area contributed by atoms with Crippen molar-refractivity contribution >= 4 is 36.9 Å². The molecule has 2 aliphatic heterocycles. The zero-order chi connectivity index (χ0) is 39.1. The molecule has 2 fully saturated rings. The van der Waals surface area contributed by atoms with Crippen molar-refractivity contribution in [1.82, 2.24) is 9.55 Å². The van der Waals surface area contributed by atoms with Gasteiger partial charge in [-0.05, 0) is 59.8 Å². The monoisotopic (exact) mass is 790 g/mol. The lowest BCUT2D eigenvalue weighted by Gasteiger charge is -2.45. The summed E-state index contributed by atoms with van der Waals surface area (Å²) in [5.74, 6) is 0. The highest BCUT2D eigenvalue weighted by Gasteiger charge is 2.56. The van der Waals surface area contributed by atoms with E-state index in [2.05, 4.69) is 69.7 Å². The molecule has 6 atom stereocenters. The Labute approximate surface area is 321 Å². The maximum absolute atomic E-state index is 13.3. The molecule has 1 aromatic heterocycles. The highest BCUT2D eigenvalue weighted by Crippen LogP contribution is 2.47. The Kier molecular flexibility index (Phi) is 11.6. The van der Waals surface area contributed by atoms with Gasteiger partial charge in [0.2, 0.25) is 0 Å². The summed E-state index contributed by atoms with van der Waals surface area (Å²) in [7, 11) is -8.88. The quantitative estimate of drug-likeness (QED) is 0.136. The van der Waals surface area contributed by atoms with E-state index >= 15 is 0 Å². The lowest BCUT2D eigenvalue weighted by atomic mass is 10.0. The molecule has 2 saturated heterocycles. The van der Waals surface area contributed by atoms with Gasteiger partial charge in [-0.3, -0.25) is 18.5 Å². The van der Waals surface area contributed by atoms with E-state index < -0.39 is 62.3 Å². The van der Waals surface area contributed by atoms with E-state index in [1.807, 2.05) is 43.3 Å². The molecule has 4 aromatic rings. The number of ether oxygens (including phenoxy) is 2. The van der Waals surface area contributed by atoms with E-state index in [0.717, 1.165) is 15.9 Å². The molecule has 10 nitrogen and oxygen atoms in total. The van der Waals surface area contributed by atoms with Gasteiger partial charge in [-0.25, -0.2) is 4.79 Å². The average Bonchev–Trinajstić information content (AvgIpc) is 3.74. The third-order valence-corrected chi connectivity index (χ3v) is 20.2. The van der Waals surface area contributed by atoms with Gasteiger partial charge in [0.15, 0.2) is 0 Å². The Morgan fingerprint density at radius 2 is 1.44 bits per heavy atom. The number of aromatic nitrogens is 2. The maximum Gasteiger partial charge on any atom is 0.330 e. The summed E-state index contributed by atoms with van der Waals surface area (Å²) >= 11 is 0. The predicted molar refractivity (Wildman–Crippen MR) is 216 cm³/mol. The van der Waals surface area contributed by atoms with Crippen LogP contribution in [0.25, 0.3) is 0 Å². The van der Waals surface area contributed by atoms with Crippen LogP contribution in [0, 0.1) is 13.8 Å². The molecule has 0 spiro atoms. The maximum atomic E-state index is 13.3. The molecule has 0 amide bonds. The van der Waals surface area contributed by atoms with Crippen molar-refractivity contribution < 1.29 is 26.5 Å². The number of nitrogens with one attached hydrogen (secondary N) is 1. The summed E-state index contributed by atoms with van der Waals surface area (Å²) in [6.45, 7) is 17.1. The van der Waals surface area contributed by atoms with Crippen molar-refractivity contribution in [2.24, 2.45) is 0 Å². The van der Waals surface area contributed by atoms with Crippen LogP contribution >= 0.6 is 0 Å². The summed E-state index contributed by atoms with van der Waals surface area (Å²) in [5.41, 5.74) is 0.576. The van der Waals surface area contributed by atoms with Crippen molar-refractivity contribution in [3.8, 4) is 0 Å². The van der Waals surface area contributed by atoms with Crippen LogP contribution in [0.1, 0.15) is 57.4 Å². The molecule has 0 radical (unpaired) electrons. The van der Waals surface area contributed by atoms with Crippen molar-refractivity contribution in [2.45, 2.75) is 120 Å². The van der Waals surface area contributed by atoms with E-state index in [1.54, 1.807) is 37.4 Å². The first-order valence-electron chi connectivity index (χ1n) is 18.8. The fourth-order valence-electron chi connectivity index (χ4n) is 8.21. The Balaban J connectivity index is 1.36. The number of benzene rings is 3. The van der Waals surface area contributed by atoms with E-state index in [0.29, 0.717) is 24.8 Å². The highest BCUT2D eigenvalue weighted by atomic mass is 32.2. The molecule has 290 valence electrons. The zero-order valence-corrected chi connectivity index (χ0v) is 35.4. The van der Waals surface area contributed by atoms with Gasteiger partial charge in [-0.1, -0.05) is 119 Å². The van der Waals surface area contributed by atoms with E-state index in [1.165, 1.54) is 4.57 Å². The van der Waals surface area contributed by atoms with Crippen molar-refractivity contribution in [3.05, 3.63) is 123 Å². The first-order valence-corrected chi connectivity index (χ1v) is 25.7. The number of hydrogen-bond acceptors (Lipinski definition) is 8. The Morgan fingerprint density at radius 3 is 2.00 bits per heavy atom. The van der Waals surface area contributed by atoms with E-state index in [4.69, 9.17) is 18.1 Å². The number of H-pyrrole nitrogens is 1. The summed E-state index contributed by atoms with van der Waals surface area (Å²) in [5, 5.41) is 1.93. The Hall–Kier alpha value is -3.44. The molecule has 6 rings (SSSR count).